The molecular weight excluding hydrogens is 106 g/mol. The summed E-state index contributed by atoms with van der Waals surface area (Å²) in [5, 5.41) is 2.47. The molecule has 1 N–H and O–H groups in total. The molecule has 0 aliphatic rings. The molecule has 0 unspecified atom stereocenters. The molecule has 0 saturated carbocycles. The van der Waals surface area contributed by atoms with E-state index in [1.807, 2.05) is 13.8 Å². The number of carbonyl (C=O) groups excluding carboxylic acids is 1. The Morgan fingerprint density at radius 1 is 1.75 bits per heavy atom. The van der Waals surface area contributed by atoms with Crippen molar-refractivity contribution in [2.45, 2.75) is 19.9 Å². The Kier molecular flexibility index (Phi) is 2.99. The van der Waals surface area contributed by atoms with Crippen LogP contribution in [0.25, 0.3) is 0 Å². The van der Waals surface area contributed by atoms with Gasteiger partial charge in [-0.05, 0) is 13.8 Å². The van der Waals surface area contributed by atoms with Crippen LogP contribution in [-0.4, -0.2) is 12.1 Å². The van der Waals surface area contributed by atoms with Crippen LogP contribution in [0.5, 0.6) is 0 Å². The van der Waals surface area contributed by atoms with Gasteiger partial charge < -0.3 is 10.1 Å². The zero-order valence-corrected chi connectivity index (χ0v) is 5.10. The molecule has 8 heavy (non-hydrogen) atoms. The first-order valence-electron chi connectivity index (χ1n) is 2.39. The normalized spacial score (nSPS) is 9.00. The fourth-order valence-corrected chi connectivity index (χ4v) is 0.277. The minimum Gasteiger partial charge on any atom is -0.446 e. The van der Waals surface area contributed by atoms with Crippen LogP contribution in [0.3, 0.4) is 0 Å². The lowest BCUT2D eigenvalue weighted by Crippen LogP contribution is -2.29. The lowest BCUT2D eigenvalue weighted by Gasteiger charge is -2.04. The summed E-state index contributed by atoms with van der Waals surface area (Å²) in [7, 11) is 2.93. The second-order valence-corrected chi connectivity index (χ2v) is 1.73. The number of hydrogen-bond donors (Lipinski definition) is 1. The van der Waals surface area contributed by atoms with E-state index in [4.69, 9.17) is 0 Å². The number of ether oxygens (including phenoxy) is 1. The van der Waals surface area contributed by atoms with Crippen molar-refractivity contribution in [3.63, 3.8) is 0 Å². The van der Waals surface area contributed by atoms with Gasteiger partial charge in [-0.2, -0.15) is 0 Å². The third-order valence-electron chi connectivity index (χ3n) is 0.538. The summed E-state index contributed by atoms with van der Waals surface area (Å²) < 4.78 is 4.06. The molecule has 0 fully saturated rings. The second-order valence-electron chi connectivity index (χ2n) is 1.73. The minimum atomic E-state index is -0.486. The molecule has 0 atom stereocenters. The van der Waals surface area contributed by atoms with Crippen molar-refractivity contribution in [2.24, 2.45) is 0 Å². The summed E-state index contributed by atoms with van der Waals surface area (Å²) >= 11 is 0. The van der Waals surface area contributed by atoms with Gasteiger partial charge in [0.05, 0.1) is 0 Å². The van der Waals surface area contributed by atoms with Crippen LogP contribution in [0.1, 0.15) is 13.8 Å². The molecule has 1 amide bonds. The Bertz CT molecular complexity index is 80.5. The third-order valence-corrected chi connectivity index (χ3v) is 0.538. The van der Waals surface area contributed by atoms with Crippen LogP contribution >= 0.6 is 0 Å². The summed E-state index contributed by atoms with van der Waals surface area (Å²) in [6.07, 6.45) is -0.486. The van der Waals surface area contributed by atoms with Gasteiger partial charge in [-0.1, -0.05) is 0 Å². The molecule has 0 spiro atoms. The maximum atomic E-state index is 10.2. The number of amides is 1. The Morgan fingerprint density at radius 2 is 2.25 bits per heavy atom. The van der Waals surface area contributed by atoms with Gasteiger partial charge in [0, 0.05) is 6.04 Å². The highest BCUT2D eigenvalue weighted by atomic mass is 16.5. The van der Waals surface area contributed by atoms with Gasteiger partial charge in [-0.3, -0.25) is 0 Å². The van der Waals surface area contributed by atoms with Crippen LogP contribution in [-0.2, 0) is 4.74 Å². The van der Waals surface area contributed by atoms with Crippen molar-refractivity contribution < 1.29 is 9.53 Å². The summed E-state index contributed by atoms with van der Waals surface area (Å²) in [4.78, 5) is 10.2. The van der Waals surface area contributed by atoms with Gasteiger partial charge in [0.2, 0.25) is 0 Å². The molecule has 0 aliphatic heterocycles. The zero-order valence-electron chi connectivity index (χ0n) is 5.10. The Hall–Kier alpha value is -0.730. The maximum absolute atomic E-state index is 10.2. The summed E-state index contributed by atoms with van der Waals surface area (Å²) in [6, 6.07) is 0.115. The van der Waals surface area contributed by atoms with E-state index in [-0.39, 0.29) is 6.04 Å². The molecule has 0 bridgehead atoms. The van der Waals surface area contributed by atoms with Crippen LogP contribution in [0.4, 0.5) is 4.79 Å². The molecule has 0 saturated heterocycles. The lowest BCUT2D eigenvalue weighted by atomic mass is 10.4. The van der Waals surface area contributed by atoms with Crippen molar-refractivity contribution >= 4 is 6.09 Å². The van der Waals surface area contributed by atoms with Crippen molar-refractivity contribution in [1.82, 2.24) is 5.32 Å². The monoisotopic (exact) mass is 116 g/mol. The van der Waals surface area contributed by atoms with Crippen LogP contribution < -0.4 is 5.32 Å². The average Bonchev–Trinajstić information content (AvgIpc) is 1.65. The first-order valence-corrected chi connectivity index (χ1v) is 2.39. The molecule has 0 rings (SSSR count). The van der Waals surface area contributed by atoms with E-state index < -0.39 is 6.09 Å². The predicted molar refractivity (Wildman–Crippen MR) is 30.1 cm³/mol. The minimum absolute atomic E-state index is 0.115. The Labute approximate surface area is 49.0 Å². The van der Waals surface area contributed by atoms with Crippen molar-refractivity contribution in [1.29, 1.82) is 0 Å². The van der Waals surface area contributed by atoms with E-state index in [1.54, 1.807) is 0 Å². The summed E-state index contributed by atoms with van der Waals surface area (Å²) in [5.41, 5.74) is 0. The largest absolute Gasteiger partial charge is 0.446 e. The highest BCUT2D eigenvalue weighted by Gasteiger charge is 1.98. The Balaban J connectivity index is 3.25. The van der Waals surface area contributed by atoms with Crippen molar-refractivity contribution in [3.05, 3.63) is 7.11 Å². The van der Waals surface area contributed by atoms with E-state index in [0.29, 0.717) is 0 Å². The topological polar surface area (TPSA) is 38.3 Å². The van der Waals surface area contributed by atoms with E-state index in [9.17, 15) is 4.79 Å². The standard InChI is InChI=1S/C5H10NO2/c1-4(2)6-5(7)8-3/h4H,3H2,1-2H3,(H,6,7). The average molecular weight is 116 g/mol. The summed E-state index contributed by atoms with van der Waals surface area (Å²) in [5.74, 6) is 0. The molecule has 1 radical (unpaired) electrons. The number of carbonyl (C=O) groups is 1. The van der Waals surface area contributed by atoms with Gasteiger partial charge in [-0.15, -0.1) is 0 Å². The molecule has 0 aromatic heterocycles. The van der Waals surface area contributed by atoms with Crippen LogP contribution in [0.2, 0.25) is 0 Å². The molecule has 0 aromatic carbocycles. The molecule has 3 nitrogen and oxygen atoms in total. The van der Waals surface area contributed by atoms with Gasteiger partial charge in [0.25, 0.3) is 0 Å². The van der Waals surface area contributed by atoms with Crippen LogP contribution in [0.15, 0.2) is 0 Å². The fraction of sp³-hybridized carbons (Fsp3) is 0.600. The van der Waals surface area contributed by atoms with Crippen LogP contribution in [0, 0.1) is 7.11 Å². The molecule has 3 heteroatoms. The molecule has 0 heterocycles. The smallest absolute Gasteiger partial charge is 0.407 e. The fourth-order valence-electron chi connectivity index (χ4n) is 0.277. The molecule has 0 aromatic rings. The number of alkyl carbamates (subject to hydrolysis) is 1. The molecule has 47 valence electrons. The number of hydrogen-bond acceptors (Lipinski definition) is 2. The molecule has 0 aliphatic carbocycles. The quantitative estimate of drug-likeness (QED) is 0.553. The molecular formula is C5H10NO2. The predicted octanol–water partition coefficient (Wildman–Crippen LogP) is 0.913. The number of nitrogens with one attached hydrogen (secondary N) is 1. The lowest BCUT2D eigenvalue weighted by molar-refractivity contribution is 0.180. The van der Waals surface area contributed by atoms with E-state index in [1.165, 1.54) is 0 Å². The highest BCUT2D eigenvalue weighted by molar-refractivity contribution is 5.67. The highest BCUT2D eigenvalue weighted by Crippen LogP contribution is 1.78. The first kappa shape index (κ1) is 7.27. The van der Waals surface area contributed by atoms with Gasteiger partial charge >= 0.3 is 6.09 Å². The SMILES string of the molecule is [CH2]OC(=O)NC(C)C. The Morgan fingerprint density at radius 3 is 2.38 bits per heavy atom. The van der Waals surface area contributed by atoms with Crippen molar-refractivity contribution in [3.8, 4) is 0 Å². The summed E-state index contributed by atoms with van der Waals surface area (Å²) in [6.45, 7) is 3.69. The van der Waals surface area contributed by atoms with E-state index in [0.717, 1.165) is 0 Å². The second kappa shape index (κ2) is 3.29. The van der Waals surface area contributed by atoms with Gasteiger partial charge in [0.15, 0.2) is 0 Å². The van der Waals surface area contributed by atoms with E-state index in [2.05, 4.69) is 17.2 Å². The maximum Gasteiger partial charge on any atom is 0.407 e. The number of rotatable bonds is 1. The van der Waals surface area contributed by atoms with Gasteiger partial charge in [0.1, 0.15) is 7.11 Å². The van der Waals surface area contributed by atoms with Crippen molar-refractivity contribution in [2.75, 3.05) is 0 Å². The first-order chi connectivity index (χ1) is 3.66. The zero-order chi connectivity index (χ0) is 6.57. The third kappa shape index (κ3) is 3.46. The van der Waals surface area contributed by atoms with E-state index >= 15 is 0 Å². The van der Waals surface area contributed by atoms with Gasteiger partial charge in [-0.25, -0.2) is 4.79 Å².